The first kappa shape index (κ1) is 83.2. The minimum atomic E-state index is -0.618. The van der Waals surface area contributed by atoms with Gasteiger partial charge in [0, 0.05) is 111 Å². The van der Waals surface area contributed by atoms with Gasteiger partial charge in [0.1, 0.15) is 52.5 Å². The Kier molecular flexibility index (Phi) is 25.7. The van der Waals surface area contributed by atoms with Crippen LogP contribution in [0, 0.1) is 56.0 Å². The van der Waals surface area contributed by atoms with Crippen LogP contribution in [0.5, 0.6) is 0 Å². The van der Waals surface area contributed by atoms with E-state index in [2.05, 4.69) is 67.8 Å². The highest BCUT2D eigenvalue weighted by Gasteiger charge is 2.50. The van der Waals surface area contributed by atoms with Crippen LogP contribution in [-0.2, 0) is 31.0 Å². The number of hydrogen-bond acceptors (Lipinski definition) is 19. The number of aliphatic hydroxyl groups is 3. The number of benzene rings is 6. The number of β-amino-alcohol motifs (C(OH)–C–C–N with tert-alkyl or cyclic N) is 3. The Morgan fingerprint density at radius 1 is 0.430 bits per heavy atom. The van der Waals surface area contributed by atoms with Crippen molar-refractivity contribution in [3.63, 3.8) is 0 Å². The predicted molar refractivity (Wildman–Crippen MR) is 433 cm³/mol. The van der Waals surface area contributed by atoms with E-state index >= 15 is 0 Å². The third-order valence-electron chi connectivity index (χ3n) is 22.6. The summed E-state index contributed by atoms with van der Waals surface area (Å²) in [7, 11) is 0. The number of aliphatic hydroxyl groups excluding tert-OH is 3. The van der Waals surface area contributed by atoms with Crippen molar-refractivity contribution >= 4 is 47.0 Å². The number of likely N-dealkylation sites (tertiary alicyclic amines) is 3. The summed E-state index contributed by atoms with van der Waals surface area (Å²) in [5.74, 6) is -0.835. The third-order valence-corrected chi connectivity index (χ3v) is 22.6. The predicted octanol–water partition coefficient (Wildman–Crippen LogP) is 15.5. The van der Waals surface area contributed by atoms with Gasteiger partial charge in [0.25, 0.3) is 0 Å². The number of rotatable bonds is 18. The van der Waals surface area contributed by atoms with E-state index in [0.29, 0.717) is 72.5 Å². The number of amides is 3. The summed E-state index contributed by atoms with van der Waals surface area (Å²) in [6.07, 6.45) is 2.59. The summed E-state index contributed by atoms with van der Waals surface area (Å²) < 4.78 is 69.3. The Labute approximate surface area is 667 Å². The highest BCUT2D eigenvalue weighted by molar-refractivity contribution is 7.93. The normalized spacial score (nSPS) is 23.8. The monoisotopic (exact) mass is 1580 g/mol. The van der Waals surface area contributed by atoms with E-state index in [1.165, 1.54) is 24.5 Å². The Balaban J connectivity index is 0.000000155. The Hall–Kier alpha value is -10.3. The molecule has 5 unspecified atom stereocenters. The molecule has 26 heteroatoms. The van der Waals surface area contributed by atoms with Crippen LogP contribution in [0.25, 0.3) is 33.4 Å². The van der Waals surface area contributed by atoms with Crippen LogP contribution in [0.4, 0.5) is 17.1 Å². The zero-order valence-electron chi connectivity index (χ0n) is 66.6. The molecule has 0 bridgehead atoms. The van der Waals surface area contributed by atoms with Crippen LogP contribution in [0.1, 0.15) is 170 Å². The maximum Gasteiger partial charge on any atom is 0.234 e. The molecule has 6 aliphatic rings. The molecule has 0 saturated carbocycles. The Morgan fingerprint density at radius 3 is 0.877 bits per heavy atom. The highest BCUT2D eigenvalue weighted by atomic mass is 32.2. The van der Waals surface area contributed by atoms with Crippen molar-refractivity contribution in [1.82, 2.24) is 46.4 Å². The molecule has 3 saturated heterocycles. The quantitative estimate of drug-likeness (QED) is 0.0436. The molecule has 6 aliphatic heterocycles. The molecule has 602 valence electrons. The van der Waals surface area contributed by atoms with Crippen LogP contribution >= 0.6 is 12.1 Å². The zero-order chi connectivity index (χ0) is 81.7. The summed E-state index contributed by atoms with van der Waals surface area (Å²) in [6, 6.07) is 48.1. The van der Waals surface area contributed by atoms with Gasteiger partial charge in [-0.1, -0.05) is 184 Å². The van der Waals surface area contributed by atoms with Crippen molar-refractivity contribution in [3.05, 3.63) is 232 Å². The number of hydrogen-bond donors (Lipinski definition) is 6. The average molecular weight is 1580 g/mol. The number of carbonyl (C=O) groups is 3. The van der Waals surface area contributed by atoms with Gasteiger partial charge in [-0.25, -0.2) is 13.2 Å². The summed E-state index contributed by atoms with van der Waals surface area (Å²) in [5.41, 5.74) is 20.2. The number of nitrogens with one attached hydrogen (secondary N) is 3. The molecule has 6 aromatic carbocycles. The first-order valence-corrected chi connectivity index (χ1v) is 40.0. The van der Waals surface area contributed by atoms with Gasteiger partial charge in [-0.3, -0.25) is 30.7 Å². The molecule has 0 aliphatic carbocycles. The van der Waals surface area contributed by atoms with Crippen molar-refractivity contribution in [2.24, 2.45) is 33.1 Å². The molecule has 9 heterocycles. The smallest absolute Gasteiger partial charge is 0.234 e. The lowest BCUT2D eigenvalue weighted by Crippen LogP contribution is -2.44. The number of hydrazone groups is 3. The van der Waals surface area contributed by atoms with Crippen LogP contribution in [0.3, 0.4) is 0 Å². The molecule has 15 rings (SSSR count). The van der Waals surface area contributed by atoms with Crippen LogP contribution in [-0.4, -0.2) is 143 Å². The third kappa shape index (κ3) is 18.1. The van der Waals surface area contributed by atoms with E-state index in [4.69, 9.17) is 13.6 Å². The van der Waals surface area contributed by atoms with E-state index < -0.39 is 52.7 Å². The lowest BCUT2D eigenvalue weighted by molar-refractivity contribution is -0.135. The van der Waals surface area contributed by atoms with E-state index in [1.807, 2.05) is 153 Å². The fraction of sp³-hybridized carbons (Fsp3) is 0.420. The topological polar surface area (TPSA) is 273 Å². The Morgan fingerprint density at radius 2 is 0.667 bits per heavy atom. The molecule has 9 aromatic rings. The molecule has 12 atom stereocenters. The van der Waals surface area contributed by atoms with Gasteiger partial charge in [-0.15, -0.1) is 0 Å². The van der Waals surface area contributed by atoms with Gasteiger partial charge >= 0.3 is 0 Å². The molecule has 0 spiro atoms. The molecule has 114 heavy (non-hydrogen) atoms. The van der Waals surface area contributed by atoms with E-state index in [1.54, 1.807) is 69.3 Å². The van der Waals surface area contributed by atoms with Gasteiger partial charge in [0.2, 0.25) is 17.7 Å². The maximum atomic E-state index is 14.2. The van der Waals surface area contributed by atoms with E-state index in [0.717, 1.165) is 67.6 Å². The van der Waals surface area contributed by atoms with Crippen molar-refractivity contribution in [2.75, 3.05) is 25.9 Å². The van der Waals surface area contributed by atoms with Gasteiger partial charge in [-0.05, 0) is 111 Å². The molecule has 6 N–H and O–H groups in total. The molecular weight excluding hydrogens is 1480 g/mol. The zero-order valence-corrected chi connectivity index (χ0v) is 67.4. The maximum absolute atomic E-state index is 14.2. The minimum absolute atomic E-state index is 0.000108. The van der Waals surface area contributed by atoms with Gasteiger partial charge in [0.05, 0.1) is 87.3 Å². The summed E-state index contributed by atoms with van der Waals surface area (Å²) >= 11 is 0.250. The second-order valence-corrected chi connectivity index (χ2v) is 32.8. The van der Waals surface area contributed by atoms with Gasteiger partial charge < -0.3 is 43.6 Å². The molecule has 0 radical (unpaired) electrons. The largest absolute Gasteiger partial charge is 0.391 e. The van der Waals surface area contributed by atoms with Crippen molar-refractivity contribution in [3.8, 4) is 33.4 Å². The lowest BCUT2D eigenvalue weighted by atomic mass is 9.85. The lowest BCUT2D eigenvalue weighted by Gasteiger charge is -2.30. The van der Waals surface area contributed by atoms with E-state index in [9.17, 15) is 46.8 Å². The molecule has 21 nitrogen and oxygen atoms in total. The second kappa shape index (κ2) is 35.2. The van der Waals surface area contributed by atoms with Crippen LogP contribution in [0.2, 0.25) is 0 Å². The summed E-state index contributed by atoms with van der Waals surface area (Å²) in [4.78, 5) is 46.5. The van der Waals surface area contributed by atoms with Crippen LogP contribution in [0.15, 0.2) is 193 Å². The second-order valence-electron chi connectivity index (χ2n) is 32.5. The van der Waals surface area contributed by atoms with Crippen molar-refractivity contribution < 1.29 is 60.3 Å². The minimum Gasteiger partial charge on any atom is -0.391 e. The first-order chi connectivity index (χ1) is 54.4. The van der Waals surface area contributed by atoms with Crippen molar-refractivity contribution in [2.45, 2.75) is 192 Å². The number of nitrogens with zero attached hydrogens (tertiary/aromatic N) is 9. The number of carbonyl (C=O) groups excluding carboxylic acids is 3. The molecule has 3 amide bonds. The summed E-state index contributed by atoms with van der Waals surface area (Å²) in [5, 5.41) is 57.5. The standard InChI is InChI=1S/3C29H33FN4O3.CH3FS/c3*1-17(2)27(26-13-18(3)32-37-26)28(36)34-16-21(35)14-25(34)24-15-29(4,33-31-24)20-11-9-19(10-12-20)22-7-5-6-8-23(22)30;1-3-2/h3*5-13,17,21,25,27,33,35H,14-16H2,1-4H3;1H3/t2*21-,25+,27?,29?;21-,25+,27-,29?;/m111./s1. The highest BCUT2D eigenvalue weighted by Crippen LogP contribution is 2.42. The fourth-order valence-electron chi connectivity index (χ4n) is 16.6. The van der Waals surface area contributed by atoms with Crippen molar-refractivity contribution in [1.29, 1.82) is 0 Å². The molecule has 3 fully saturated rings. The van der Waals surface area contributed by atoms with E-state index in [-0.39, 0.29) is 103 Å². The average Bonchev–Trinajstić information content (AvgIpc) is 1.63. The fourth-order valence-corrected chi connectivity index (χ4v) is 16.6. The summed E-state index contributed by atoms with van der Waals surface area (Å²) in [6.45, 7) is 24.4. The number of aromatic nitrogens is 3. The first-order valence-electron chi connectivity index (χ1n) is 38.9. The van der Waals surface area contributed by atoms with Gasteiger partial charge in [0.15, 0.2) is 0 Å². The van der Waals surface area contributed by atoms with Crippen LogP contribution < -0.4 is 16.3 Å². The van der Waals surface area contributed by atoms with Gasteiger partial charge in [-0.2, -0.15) is 19.2 Å². The Bertz CT molecular complexity index is 4470. The molecule has 3 aromatic heterocycles. The molecular formula is C88H102F4N12O9S. The number of aryl methyl sites for hydroxylation is 3. The SMILES string of the molecule is CSF.Cc1cc(C(C(=O)N2C[C@H](O)C[C@H]2C2=NNC(C)(c3ccc(-c4ccccc4F)cc3)C2)C(C)C)on1.Cc1cc(C(C(=O)N2C[C@H](O)C[C@H]2C2=NNC(C)(c3ccc(-c4ccccc4F)cc3)C2)C(C)C)on1.Cc1cc([C@H](C(=O)N2C[C@H](O)C[C@H]2C2=NNC(C)(c3ccc(-c4ccccc4F)cc3)C2)C(C)C)on1. The number of halogens is 4.